The van der Waals surface area contributed by atoms with Gasteiger partial charge in [-0.05, 0) is 56.6 Å². The van der Waals surface area contributed by atoms with E-state index in [0.717, 1.165) is 25.9 Å². The molecule has 0 spiro atoms. The SMILES string of the molecule is Cc1ccc(C(N)CCN(C)CCc2ccncc2)cc1. The minimum absolute atomic E-state index is 0.119. The zero-order chi connectivity index (χ0) is 15.1. The molecule has 21 heavy (non-hydrogen) atoms. The van der Waals surface area contributed by atoms with Crippen LogP contribution in [0.25, 0.3) is 0 Å². The van der Waals surface area contributed by atoms with E-state index in [1.54, 1.807) is 0 Å². The Kier molecular flexibility index (Phi) is 5.90. The molecule has 1 atom stereocenters. The van der Waals surface area contributed by atoms with E-state index in [0.29, 0.717) is 0 Å². The van der Waals surface area contributed by atoms with E-state index >= 15 is 0 Å². The highest BCUT2D eigenvalue weighted by Crippen LogP contribution is 2.15. The maximum absolute atomic E-state index is 6.27. The number of pyridine rings is 1. The molecular formula is C18H25N3. The molecule has 0 saturated heterocycles. The summed E-state index contributed by atoms with van der Waals surface area (Å²) in [5.41, 5.74) is 10.1. The summed E-state index contributed by atoms with van der Waals surface area (Å²) in [6.45, 7) is 4.16. The van der Waals surface area contributed by atoms with E-state index in [1.165, 1.54) is 16.7 Å². The lowest BCUT2D eigenvalue weighted by atomic mass is 10.0. The van der Waals surface area contributed by atoms with Gasteiger partial charge in [-0.25, -0.2) is 0 Å². The van der Waals surface area contributed by atoms with Gasteiger partial charge in [0.25, 0.3) is 0 Å². The topological polar surface area (TPSA) is 42.1 Å². The molecule has 112 valence electrons. The van der Waals surface area contributed by atoms with Gasteiger partial charge in [0.2, 0.25) is 0 Å². The van der Waals surface area contributed by atoms with Crippen LogP contribution in [-0.4, -0.2) is 30.0 Å². The molecule has 2 rings (SSSR count). The van der Waals surface area contributed by atoms with Crippen molar-refractivity contribution in [2.75, 3.05) is 20.1 Å². The van der Waals surface area contributed by atoms with Gasteiger partial charge in [-0.15, -0.1) is 0 Å². The second-order valence-electron chi connectivity index (χ2n) is 5.71. The molecule has 0 fully saturated rings. The number of hydrogen-bond acceptors (Lipinski definition) is 3. The van der Waals surface area contributed by atoms with Crippen molar-refractivity contribution in [1.82, 2.24) is 9.88 Å². The Labute approximate surface area is 127 Å². The average molecular weight is 283 g/mol. The Bertz CT molecular complexity index is 522. The normalized spacial score (nSPS) is 12.6. The summed E-state index contributed by atoms with van der Waals surface area (Å²) in [6, 6.07) is 12.8. The maximum atomic E-state index is 6.27. The van der Waals surface area contributed by atoms with Crippen molar-refractivity contribution >= 4 is 0 Å². The Morgan fingerprint density at radius 1 is 1.05 bits per heavy atom. The fourth-order valence-electron chi connectivity index (χ4n) is 2.32. The Morgan fingerprint density at radius 2 is 1.71 bits per heavy atom. The molecule has 0 aliphatic heterocycles. The van der Waals surface area contributed by atoms with Crippen LogP contribution in [0, 0.1) is 6.92 Å². The van der Waals surface area contributed by atoms with Crippen molar-refractivity contribution in [2.45, 2.75) is 25.8 Å². The zero-order valence-corrected chi connectivity index (χ0v) is 13.0. The lowest BCUT2D eigenvalue weighted by Gasteiger charge is -2.19. The molecule has 1 unspecified atom stereocenters. The minimum atomic E-state index is 0.119. The standard InChI is InChI=1S/C18H25N3/c1-15-3-5-17(6-4-15)18(19)10-14-21(2)13-9-16-7-11-20-12-8-16/h3-8,11-12,18H,9-10,13-14,19H2,1-2H3. The van der Waals surface area contributed by atoms with E-state index in [1.807, 2.05) is 12.4 Å². The van der Waals surface area contributed by atoms with Crippen molar-refractivity contribution < 1.29 is 0 Å². The van der Waals surface area contributed by atoms with E-state index < -0.39 is 0 Å². The number of rotatable bonds is 7. The monoisotopic (exact) mass is 283 g/mol. The molecule has 2 aromatic rings. The van der Waals surface area contributed by atoms with Crippen LogP contribution < -0.4 is 5.73 Å². The van der Waals surface area contributed by atoms with Crippen molar-refractivity contribution in [2.24, 2.45) is 5.73 Å². The first-order chi connectivity index (χ1) is 10.1. The zero-order valence-electron chi connectivity index (χ0n) is 13.0. The third-order valence-corrected chi connectivity index (χ3v) is 3.86. The van der Waals surface area contributed by atoms with Crippen LogP contribution in [0.3, 0.4) is 0 Å². The number of nitrogens with two attached hydrogens (primary N) is 1. The summed E-state index contributed by atoms with van der Waals surface area (Å²) in [4.78, 5) is 6.38. The number of hydrogen-bond donors (Lipinski definition) is 1. The van der Waals surface area contributed by atoms with Crippen LogP contribution >= 0.6 is 0 Å². The van der Waals surface area contributed by atoms with Crippen molar-refractivity contribution in [3.63, 3.8) is 0 Å². The predicted molar refractivity (Wildman–Crippen MR) is 88.2 cm³/mol. The van der Waals surface area contributed by atoms with E-state index in [-0.39, 0.29) is 6.04 Å². The first kappa shape index (κ1) is 15.7. The Hall–Kier alpha value is -1.71. The largest absolute Gasteiger partial charge is 0.324 e. The van der Waals surface area contributed by atoms with Crippen LogP contribution in [0.5, 0.6) is 0 Å². The number of likely N-dealkylation sites (N-methyl/N-ethyl adjacent to an activating group) is 1. The number of aryl methyl sites for hydroxylation is 1. The lowest BCUT2D eigenvalue weighted by Crippen LogP contribution is -2.25. The highest BCUT2D eigenvalue weighted by Gasteiger charge is 2.07. The highest BCUT2D eigenvalue weighted by atomic mass is 15.1. The first-order valence-corrected chi connectivity index (χ1v) is 7.55. The van der Waals surface area contributed by atoms with Gasteiger partial charge >= 0.3 is 0 Å². The molecule has 1 aromatic heterocycles. The van der Waals surface area contributed by atoms with Gasteiger partial charge in [-0.3, -0.25) is 4.98 Å². The van der Waals surface area contributed by atoms with Crippen LogP contribution in [0.15, 0.2) is 48.8 Å². The van der Waals surface area contributed by atoms with Gasteiger partial charge in [0.15, 0.2) is 0 Å². The van der Waals surface area contributed by atoms with Crippen LogP contribution in [0.1, 0.15) is 29.2 Å². The number of aromatic nitrogens is 1. The molecule has 0 saturated carbocycles. The van der Waals surface area contributed by atoms with Crippen LogP contribution in [0.2, 0.25) is 0 Å². The van der Waals surface area contributed by atoms with Crippen molar-refractivity contribution in [3.05, 3.63) is 65.5 Å². The molecule has 0 radical (unpaired) electrons. The average Bonchev–Trinajstić information content (AvgIpc) is 2.52. The summed E-state index contributed by atoms with van der Waals surface area (Å²) in [5, 5.41) is 0. The third kappa shape index (κ3) is 5.29. The van der Waals surface area contributed by atoms with Gasteiger partial charge < -0.3 is 10.6 Å². The maximum Gasteiger partial charge on any atom is 0.0307 e. The fraction of sp³-hybridized carbons (Fsp3) is 0.389. The fourth-order valence-corrected chi connectivity index (χ4v) is 2.32. The molecule has 2 N–H and O–H groups in total. The molecule has 0 amide bonds. The van der Waals surface area contributed by atoms with Crippen molar-refractivity contribution in [1.29, 1.82) is 0 Å². The molecule has 3 nitrogen and oxygen atoms in total. The van der Waals surface area contributed by atoms with Gasteiger partial charge in [0, 0.05) is 25.0 Å². The first-order valence-electron chi connectivity index (χ1n) is 7.55. The third-order valence-electron chi connectivity index (χ3n) is 3.86. The smallest absolute Gasteiger partial charge is 0.0307 e. The lowest BCUT2D eigenvalue weighted by molar-refractivity contribution is 0.322. The van der Waals surface area contributed by atoms with E-state index in [2.05, 4.69) is 60.3 Å². The quantitative estimate of drug-likeness (QED) is 0.849. The van der Waals surface area contributed by atoms with Gasteiger partial charge in [0.1, 0.15) is 0 Å². The second kappa shape index (κ2) is 7.91. The summed E-state index contributed by atoms with van der Waals surface area (Å²) in [7, 11) is 2.16. The predicted octanol–water partition coefficient (Wildman–Crippen LogP) is 2.95. The molecule has 0 aliphatic carbocycles. The van der Waals surface area contributed by atoms with Gasteiger partial charge in [0.05, 0.1) is 0 Å². The second-order valence-corrected chi connectivity index (χ2v) is 5.71. The van der Waals surface area contributed by atoms with Crippen molar-refractivity contribution in [3.8, 4) is 0 Å². The van der Waals surface area contributed by atoms with Gasteiger partial charge in [-0.2, -0.15) is 0 Å². The van der Waals surface area contributed by atoms with Crippen LogP contribution in [0.4, 0.5) is 0 Å². The number of benzene rings is 1. The van der Waals surface area contributed by atoms with E-state index in [4.69, 9.17) is 5.73 Å². The molecular weight excluding hydrogens is 258 g/mol. The highest BCUT2D eigenvalue weighted by molar-refractivity contribution is 5.23. The summed E-state index contributed by atoms with van der Waals surface area (Å²) in [6.07, 6.45) is 5.74. The molecule has 3 heteroatoms. The minimum Gasteiger partial charge on any atom is -0.324 e. The Balaban J connectivity index is 1.73. The van der Waals surface area contributed by atoms with Gasteiger partial charge in [-0.1, -0.05) is 29.8 Å². The molecule has 1 heterocycles. The molecule has 0 bridgehead atoms. The Morgan fingerprint density at radius 3 is 2.38 bits per heavy atom. The summed E-state index contributed by atoms with van der Waals surface area (Å²) < 4.78 is 0. The number of nitrogens with zero attached hydrogens (tertiary/aromatic N) is 2. The molecule has 1 aromatic carbocycles. The van der Waals surface area contributed by atoms with E-state index in [9.17, 15) is 0 Å². The molecule has 0 aliphatic rings. The van der Waals surface area contributed by atoms with Crippen LogP contribution in [-0.2, 0) is 6.42 Å². The summed E-state index contributed by atoms with van der Waals surface area (Å²) in [5.74, 6) is 0. The summed E-state index contributed by atoms with van der Waals surface area (Å²) >= 11 is 0.